The zero-order valence-electron chi connectivity index (χ0n) is 10.9. The largest absolute Gasteiger partial charge is 0.468 e. The maximum absolute atomic E-state index is 11.5. The summed E-state index contributed by atoms with van der Waals surface area (Å²) >= 11 is 0. The number of benzene rings is 1. The molecule has 0 saturated heterocycles. The average Bonchev–Trinajstić information content (AvgIpc) is 2.82. The lowest BCUT2D eigenvalue weighted by atomic mass is 10.1. The maximum Gasteiger partial charge on any atom is 0.325 e. The van der Waals surface area contributed by atoms with Crippen LogP contribution in [0, 0.1) is 0 Å². The van der Waals surface area contributed by atoms with E-state index in [2.05, 4.69) is 10.1 Å². The summed E-state index contributed by atoms with van der Waals surface area (Å²) in [6, 6.07) is 6.90. The number of carbonyl (C=O) groups is 1. The van der Waals surface area contributed by atoms with Crippen molar-refractivity contribution >= 4 is 16.9 Å². The normalized spacial score (nSPS) is 14.3. The number of para-hydroxylation sites is 1. The monoisotopic (exact) mass is 263 g/mol. The molecular weight excluding hydrogens is 246 g/mol. The van der Waals surface area contributed by atoms with Crippen molar-refractivity contribution < 1.29 is 19.1 Å². The number of aliphatic hydroxyl groups excluding tert-OH is 1. The Morgan fingerprint density at radius 2 is 2.21 bits per heavy atom. The molecule has 1 aromatic heterocycles. The number of rotatable bonds is 5. The van der Waals surface area contributed by atoms with E-state index in [1.165, 1.54) is 7.11 Å². The van der Waals surface area contributed by atoms with Crippen LogP contribution in [0.3, 0.4) is 0 Å². The Balaban J connectivity index is 2.11. The summed E-state index contributed by atoms with van der Waals surface area (Å²) < 4.78 is 10.1. The second kappa shape index (κ2) is 5.86. The number of hydrogen-bond acceptors (Lipinski definition) is 5. The van der Waals surface area contributed by atoms with Crippen molar-refractivity contribution in [2.24, 2.45) is 0 Å². The van der Waals surface area contributed by atoms with Crippen molar-refractivity contribution in [3.05, 3.63) is 36.1 Å². The predicted octanol–water partition coefficient (Wildman–Crippen LogP) is 1.44. The van der Waals surface area contributed by atoms with Crippen LogP contribution < -0.4 is 5.32 Å². The highest BCUT2D eigenvalue weighted by Crippen LogP contribution is 2.20. The standard InChI is InChI=1S/C14H17NO4/c1-9(16)13(14(17)18-2)15-7-10-8-19-12-6-4-3-5-11(10)12/h3-6,8-9,13,15-16H,7H2,1-2H3/t9-,13+/m1/s1. The van der Waals surface area contributed by atoms with E-state index in [4.69, 9.17) is 4.42 Å². The highest BCUT2D eigenvalue weighted by molar-refractivity contribution is 5.81. The lowest BCUT2D eigenvalue weighted by Crippen LogP contribution is -2.45. The Bertz CT molecular complexity index is 561. The van der Waals surface area contributed by atoms with E-state index < -0.39 is 18.1 Å². The molecule has 19 heavy (non-hydrogen) atoms. The molecular formula is C14H17NO4. The van der Waals surface area contributed by atoms with Gasteiger partial charge < -0.3 is 14.3 Å². The molecule has 0 aliphatic heterocycles. The van der Waals surface area contributed by atoms with Crippen molar-refractivity contribution in [1.82, 2.24) is 5.32 Å². The van der Waals surface area contributed by atoms with Crippen LogP contribution in [0.2, 0.25) is 0 Å². The van der Waals surface area contributed by atoms with Crippen molar-refractivity contribution in [1.29, 1.82) is 0 Å². The molecule has 0 spiro atoms. The van der Waals surface area contributed by atoms with Gasteiger partial charge in [-0.3, -0.25) is 10.1 Å². The maximum atomic E-state index is 11.5. The van der Waals surface area contributed by atoms with Gasteiger partial charge in [0.2, 0.25) is 0 Å². The SMILES string of the molecule is COC(=O)[C@@H](NCc1coc2ccccc12)[C@@H](C)O. The minimum Gasteiger partial charge on any atom is -0.468 e. The average molecular weight is 263 g/mol. The number of esters is 1. The summed E-state index contributed by atoms with van der Waals surface area (Å²) in [6.45, 7) is 1.96. The number of ether oxygens (including phenoxy) is 1. The van der Waals surface area contributed by atoms with E-state index in [0.29, 0.717) is 6.54 Å². The molecule has 2 aromatic rings. The molecule has 1 heterocycles. The number of aliphatic hydroxyl groups is 1. The molecule has 0 saturated carbocycles. The van der Waals surface area contributed by atoms with E-state index in [1.54, 1.807) is 13.2 Å². The van der Waals surface area contributed by atoms with E-state index >= 15 is 0 Å². The Hall–Kier alpha value is -1.85. The van der Waals surface area contributed by atoms with Crippen LogP contribution in [0.5, 0.6) is 0 Å². The molecule has 0 amide bonds. The van der Waals surface area contributed by atoms with Gasteiger partial charge in [-0.25, -0.2) is 0 Å². The van der Waals surface area contributed by atoms with Crippen LogP contribution in [0.15, 0.2) is 34.9 Å². The van der Waals surface area contributed by atoms with Gasteiger partial charge in [-0.15, -0.1) is 0 Å². The highest BCUT2D eigenvalue weighted by Gasteiger charge is 2.24. The van der Waals surface area contributed by atoms with E-state index in [1.807, 2.05) is 24.3 Å². The number of fused-ring (bicyclic) bond motifs is 1. The van der Waals surface area contributed by atoms with Gasteiger partial charge in [0.25, 0.3) is 0 Å². The molecule has 0 aliphatic rings. The van der Waals surface area contributed by atoms with E-state index in [9.17, 15) is 9.90 Å². The first kappa shape index (κ1) is 13.6. The molecule has 5 nitrogen and oxygen atoms in total. The van der Waals surface area contributed by atoms with Gasteiger partial charge in [0.1, 0.15) is 11.6 Å². The lowest BCUT2D eigenvalue weighted by Gasteiger charge is -2.18. The fourth-order valence-electron chi connectivity index (χ4n) is 1.97. The summed E-state index contributed by atoms with van der Waals surface area (Å²) in [5, 5.41) is 13.5. The molecule has 0 fully saturated rings. The molecule has 0 aliphatic carbocycles. The predicted molar refractivity (Wildman–Crippen MR) is 70.5 cm³/mol. The number of furan rings is 1. The topological polar surface area (TPSA) is 71.7 Å². The third kappa shape index (κ3) is 2.94. The quantitative estimate of drug-likeness (QED) is 0.799. The smallest absolute Gasteiger partial charge is 0.325 e. The summed E-state index contributed by atoms with van der Waals surface area (Å²) in [5.41, 5.74) is 1.73. The molecule has 5 heteroatoms. The second-order valence-corrected chi connectivity index (χ2v) is 4.38. The number of hydrogen-bond donors (Lipinski definition) is 2. The molecule has 0 radical (unpaired) electrons. The molecule has 0 bridgehead atoms. The lowest BCUT2D eigenvalue weighted by molar-refractivity contribution is -0.145. The number of nitrogens with one attached hydrogen (secondary N) is 1. The zero-order chi connectivity index (χ0) is 13.8. The minimum absolute atomic E-state index is 0.418. The molecule has 1 aromatic carbocycles. The van der Waals surface area contributed by atoms with Gasteiger partial charge in [-0.2, -0.15) is 0 Å². The number of carbonyl (C=O) groups excluding carboxylic acids is 1. The Morgan fingerprint density at radius 1 is 1.47 bits per heavy atom. The first-order chi connectivity index (χ1) is 9.13. The Morgan fingerprint density at radius 3 is 2.89 bits per heavy atom. The zero-order valence-corrected chi connectivity index (χ0v) is 10.9. The van der Waals surface area contributed by atoms with Gasteiger partial charge >= 0.3 is 5.97 Å². The molecule has 2 N–H and O–H groups in total. The van der Waals surface area contributed by atoms with Gasteiger partial charge in [-0.1, -0.05) is 18.2 Å². The highest BCUT2D eigenvalue weighted by atomic mass is 16.5. The van der Waals surface area contributed by atoms with Crippen molar-refractivity contribution in [2.45, 2.75) is 25.6 Å². The molecule has 102 valence electrons. The summed E-state index contributed by atoms with van der Waals surface area (Å²) in [6.07, 6.45) is 0.819. The van der Waals surface area contributed by atoms with Crippen molar-refractivity contribution in [3.63, 3.8) is 0 Å². The van der Waals surface area contributed by atoms with Crippen LogP contribution in [0.1, 0.15) is 12.5 Å². The van der Waals surface area contributed by atoms with Crippen molar-refractivity contribution in [3.8, 4) is 0 Å². The molecule has 2 atom stereocenters. The summed E-state index contributed by atoms with van der Waals surface area (Å²) in [7, 11) is 1.30. The minimum atomic E-state index is -0.828. The van der Waals surface area contributed by atoms with Crippen LogP contribution >= 0.6 is 0 Å². The fourth-order valence-corrected chi connectivity index (χ4v) is 1.97. The van der Waals surface area contributed by atoms with Crippen LogP contribution in [-0.2, 0) is 16.1 Å². The van der Waals surface area contributed by atoms with Gasteiger partial charge in [-0.05, 0) is 13.0 Å². The van der Waals surface area contributed by atoms with Gasteiger partial charge in [0.15, 0.2) is 0 Å². The third-order valence-electron chi connectivity index (χ3n) is 3.01. The summed E-state index contributed by atoms with van der Waals surface area (Å²) in [4.78, 5) is 11.5. The Kier molecular flexibility index (Phi) is 4.19. The molecule has 0 unspecified atom stereocenters. The second-order valence-electron chi connectivity index (χ2n) is 4.38. The fraction of sp³-hybridized carbons (Fsp3) is 0.357. The Labute approximate surface area is 111 Å². The van der Waals surface area contributed by atoms with Crippen LogP contribution in [0.25, 0.3) is 11.0 Å². The first-order valence-corrected chi connectivity index (χ1v) is 6.08. The van der Waals surface area contributed by atoms with Crippen LogP contribution in [-0.4, -0.2) is 30.3 Å². The van der Waals surface area contributed by atoms with Crippen LogP contribution in [0.4, 0.5) is 0 Å². The third-order valence-corrected chi connectivity index (χ3v) is 3.01. The summed E-state index contributed by atoms with van der Waals surface area (Å²) in [5.74, 6) is -0.484. The molecule has 2 rings (SSSR count). The number of methoxy groups -OCH3 is 1. The van der Waals surface area contributed by atoms with Gasteiger partial charge in [0, 0.05) is 17.5 Å². The van der Waals surface area contributed by atoms with E-state index in [-0.39, 0.29) is 0 Å². The van der Waals surface area contributed by atoms with Gasteiger partial charge in [0.05, 0.1) is 19.5 Å². The first-order valence-electron chi connectivity index (χ1n) is 6.08. The van der Waals surface area contributed by atoms with E-state index in [0.717, 1.165) is 16.5 Å². The van der Waals surface area contributed by atoms with Crippen molar-refractivity contribution in [2.75, 3.05) is 7.11 Å².